The molecule has 2 aromatic rings. The summed E-state index contributed by atoms with van der Waals surface area (Å²) in [6, 6.07) is 13.2. The molecule has 0 bridgehead atoms. The molecule has 1 heterocycles. The average Bonchev–Trinajstić information content (AvgIpc) is 2.90. The van der Waals surface area contributed by atoms with Crippen molar-refractivity contribution in [2.45, 2.75) is 0 Å². The van der Waals surface area contributed by atoms with Gasteiger partial charge in [0.15, 0.2) is 0 Å². The van der Waals surface area contributed by atoms with Crippen LogP contribution in [0.4, 0.5) is 5.69 Å². The van der Waals surface area contributed by atoms with E-state index >= 15 is 0 Å². The van der Waals surface area contributed by atoms with Gasteiger partial charge in [-0.3, -0.25) is 10.1 Å². The highest BCUT2D eigenvalue weighted by Crippen LogP contribution is 2.23. The molecule has 0 N–H and O–H groups in total. The van der Waals surface area contributed by atoms with Gasteiger partial charge < -0.3 is 4.84 Å². The molecule has 0 saturated carbocycles. The van der Waals surface area contributed by atoms with Crippen molar-refractivity contribution in [1.29, 1.82) is 0 Å². The summed E-state index contributed by atoms with van der Waals surface area (Å²) in [5.74, 6) is -0.554. The van der Waals surface area contributed by atoms with Crippen molar-refractivity contribution in [1.82, 2.24) is 0 Å². The van der Waals surface area contributed by atoms with E-state index in [1.54, 1.807) is 18.2 Å². The third kappa shape index (κ3) is 3.19. The second-order valence-electron chi connectivity index (χ2n) is 4.73. The summed E-state index contributed by atoms with van der Waals surface area (Å²) in [6.07, 6.45) is 1.60. The van der Waals surface area contributed by atoms with Gasteiger partial charge in [-0.2, -0.15) is 0 Å². The smallest absolute Gasteiger partial charge is 0.312 e. The van der Waals surface area contributed by atoms with Crippen LogP contribution in [0, 0.1) is 10.1 Å². The Morgan fingerprint density at radius 1 is 1.09 bits per heavy atom. The maximum absolute atomic E-state index is 11.9. The number of halogens is 1. The monoisotopic (exact) mass is 372 g/mol. The van der Waals surface area contributed by atoms with Crippen molar-refractivity contribution in [3.05, 3.63) is 79.8 Å². The van der Waals surface area contributed by atoms with Crippen LogP contribution in [0.25, 0.3) is 6.08 Å². The molecule has 0 saturated heterocycles. The maximum Gasteiger partial charge on any atom is 0.368 e. The van der Waals surface area contributed by atoms with Gasteiger partial charge in [0.1, 0.15) is 5.71 Å². The molecule has 114 valence electrons. The van der Waals surface area contributed by atoms with Gasteiger partial charge in [-0.05, 0) is 35.9 Å². The van der Waals surface area contributed by atoms with E-state index in [0.717, 1.165) is 10.0 Å². The van der Waals surface area contributed by atoms with E-state index in [4.69, 9.17) is 4.84 Å². The first-order valence-corrected chi connectivity index (χ1v) is 7.36. The Morgan fingerprint density at radius 2 is 1.74 bits per heavy atom. The fraction of sp³-hybridized carbons (Fsp3) is 0. The van der Waals surface area contributed by atoms with E-state index < -0.39 is 10.9 Å². The number of nitro benzene ring substituents is 1. The molecule has 0 fully saturated rings. The van der Waals surface area contributed by atoms with Crippen LogP contribution < -0.4 is 0 Å². The predicted molar refractivity (Wildman–Crippen MR) is 87.8 cm³/mol. The van der Waals surface area contributed by atoms with E-state index in [1.807, 2.05) is 24.3 Å². The first-order chi connectivity index (χ1) is 11.0. The topological polar surface area (TPSA) is 81.8 Å². The SMILES string of the molecule is O=C1ON=C(c2ccc(Br)cc2)/C1=C/c1ccc([N+](=O)[O-])cc1. The molecule has 2 aromatic carbocycles. The summed E-state index contributed by atoms with van der Waals surface area (Å²) in [4.78, 5) is 26.8. The Hall–Kier alpha value is -2.80. The van der Waals surface area contributed by atoms with Gasteiger partial charge in [0.05, 0.1) is 10.5 Å². The van der Waals surface area contributed by atoms with Crippen LogP contribution in [0.3, 0.4) is 0 Å². The molecule has 0 spiro atoms. The minimum atomic E-state index is -0.554. The molecule has 3 rings (SSSR count). The molecular weight excluding hydrogens is 364 g/mol. The Labute approximate surface area is 139 Å². The van der Waals surface area contributed by atoms with Crippen molar-refractivity contribution in [2.75, 3.05) is 0 Å². The lowest BCUT2D eigenvalue weighted by Crippen LogP contribution is -2.06. The van der Waals surface area contributed by atoms with E-state index in [0.29, 0.717) is 16.8 Å². The quantitative estimate of drug-likeness (QED) is 0.356. The number of nitrogens with zero attached hydrogens (tertiary/aromatic N) is 2. The van der Waals surface area contributed by atoms with Crippen molar-refractivity contribution in [2.24, 2.45) is 5.16 Å². The van der Waals surface area contributed by atoms with E-state index in [-0.39, 0.29) is 5.69 Å². The molecule has 0 unspecified atom stereocenters. The summed E-state index contributed by atoms with van der Waals surface area (Å²) in [5, 5.41) is 14.5. The summed E-state index contributed by atoms with van der Waals surface area (Å²) >= 11 is 3.35. The highest BCUT2D eigenvalue weighted by molar-refractivity contribution is 9.10. The van der Waals surface area contributed by atoms with Gasteiger partial charge in [0.2, 0.25) is 0 Å². The van der Waals surface area contributed by atoms with Crippen LogP contribution in [0.2, 0.25) is 0 Å². The maximum atomic E-state index is 11.9. The van der Waals surface area contributed by atoms with Gasteiger partial charge in [-0.1, -0.05) is 33.2 Å². The number of hydrogen-bond acceptors (Lipinski definition) is 5. The zero-order valence-corrected chi connectivity index (χ0v) is 13.2. The molecule has 1 aliphatic heterocycles. The fourth-order valence-corrected chi connectivity index (χ4v) is 2.35. The van der Waals surface area contributed by atoms with Crippen LogP contribution in [-0.4, -0.2) is 16.6 Å². The summed E-state index contributed by atoms with van der Waals surface area (Å²) in [5.41, 5.74) is 2.12. The molecule has 0 atom stereocenters. The molecule has 23 heavy (non-hydrogen) atoms. The van der Waals surface area contributed by atoms with E-state index in [2.05, 4.69) is 21.1 Å². The molecule has 0 amide bonds. The highest BCUT2D eigenvalue weighted by Gasteiger charge is 2.26. The number of benzene rings is 2. The second kappa shape index (κ2) is 6.13. The Bertz CT molecular complexity index is 839. The number of non-ortho nitro benzene ring substituents is 1. The normalized spacial score (nSPS) is 15.4. The third-order valence-electron chi connectivity index (χ3n) is 3.23. The van der Waals surface area contributed by atoms with E-state index in [1.165, 1.54) is 12.1 Å². The zero-order chi connectivity index (χ0) is 16.4. The Balaban J connectivity index is 1.95. The minimum Gasteiger partial charge on any atom is -0.312 e. The second-order valence-corrected chi connectivity index (χ2v) is 5.65. The fourth-order valence-electron chi connectivity index (χ4n) is 2.08. The standard InChI is InChI=1S/C16H9BrN2O4/c17-12-5-3-11(4-6-12)15-14(16(20)23-18-15)9-10-1-7-13(8-2-10)19(21)22/h1-9H/b14-9-. The van der Waals surface area contributed by atoms with E-state index in [9.17, 15) is 14.9 Å². The Kier molecular flexibility index (Phi) is 4.03. The predicted octanol–water partition coefficient (Wildman–Crippen LogP) is 3.70. The Morgan fingerprint density at radius 3 is 2.35 bits per heavy atom. The summed E-state index contributed by atoms with van der Waals surface area (Å²) in [7, 11) is 0. The first-order valence-electron chi connectivity index (χ1n) is 6.56. The lowest BCUT2D eigenvalue weighted by molar-refractivity contribution is -0.384. The van der Waals surface area contributed by atoms with Crippen molar-refractivity contribution in [3.8, 4) is 0 Å². The first kappa shape index (κ1) is 15.1. The zero-order valence-electron chi connectivity index (χ0n) is 11.6. The van der Waals surface area contributed by atoms with Crippen molar-refractivity contribution in [3.63, 3.8) is 0 Å². The molecular formula is C16H9BrN2O4. The number of carbonyl (C=O) groups excluding carboxylic acids is 1. The van der Waals surface area contributed by atoms with Crippen molar-refractivity contribution < 1.29 is 14.6 Å². The van der Waals surface area contributed by atoms with Crippen LogP contribution >= 0.6 is 15.9 Å². The van der Waals surface area contributed by atoms with Crippen LogP contribution in [0.1, 0.15) is 11.1 Å². The minimum absolute atomic E-state index is 0.0112. The van der Waals surface area contributed by atoms with Gasteiger partial charge >= 0.3 is 5.97 Å². The number of nitro groups is 1. The van der Waals surface area contributed by atoms with Gasteiger partial charge in [0.25, 0.3) is 5.69 Å². The van der Waals surface area contributed by atoms with Gasteiger partial charge in [0, 0.05) is 22.2 Å². The molecule has 1 aliphatic rings. The lowest BCUT2D eigenvalue weighted by atomic mass is 10.0. The molecule has 0 radical (unpaired) electrons. The van der Waals surface area contributed by atoms with Crippen LogP contribution in [0.15, 0.2) is 63.7 Å². The largest absolute Gasteiger partial charge is 0.368 e. The summed E-state index contributed by atoms with van der Waals surface area (Å²) < 4.78 is 0.910. The van der Waals surface area contributed by atoms with Crippen molar-refractivity contribution >= 4 is 39.4 Å². The third-order valence-corrected chi connectivity index (χ3v) is 3.76. The number of hydrogen-bond donors (Lipinski definition) is 0. The molecule has 0 aromatic heterocycles. The lowest BCUT2D eigenvalue weighted by Gasteiger charge is -2.01. The highest BCUT2D eigenvalue weighted by atomic mass is 79.9. The van der Waals surface area contributed by atoms with Gasteiger partial charge in [-0.25, -0.2) is 4.79 Å². The average molecular weight is 373 g/mol. The summed E-state index contributed by atoms with van der Waals surface area (Å²) in [6.45, 7) is 0. The molecule has 0 aliphatic carbocycles. The molecule has 7 heteroatoms. The van der Waals surface area contributed by atoms with Crippen LogP contribution in [0.5, 0.6) is 0 Å². The molecule has 6 nitrogen and oxygen atoms in total. The number of oxime groups is 1. The van der Waals surface area contributed by atoms with Crippen LogP contribution in [-0.2, 0) is 9.63 Å². The number of rotatable bonds is 3. The number of carbonyl (C=O) groups is 1. The van der Waals surface area contributed by atoms with Gasteiger partial charge in [-0.15, -0.1) is 0 Å².